The van der Waals surface area contributed by atoms with Gasteiger partial charge in [-0.2, -0.15) is 4.31 Å². The first-order valence-corrected chi connectivity index (χ1v) is 8.48. The predicted octanol–water partition coefficient (Wildman–Crippen LogP) is 1.05. The number of piperidine rings is 1. The van der Waals surface area contributed by atoms with Crippen LogP contribution in [0.5, 0.6) is 0 Å². The van der Waals surface area contributed by atoms with Gasteiger partial charge < -0.3 is 9.32 Å². The maximum atomic E-state index is 12.5. The number of rotatable bonds is 4. The van der Waals surface area contributed by atoms with E-state index >= 15 is 0 Å². The van der Waals surface area contributed by atoms with Crippen molar-refractivity contribution < 1.29 is 17.6 Å². The van der Waals surface area contributed by atoms with E-state index in [-0.39, 0.29) is 5.91 Å². The third-order valence-corrected chi connectivity index (χ3v) is 4.80. The first-order valence-electron chi connectivity index (χ1n) is 6.64. The second kappa shape index (κ2) is 5.97. The zero-order valence-corrected chi connectivity index (χ0v) is 12.6. The van der Waals surface area contributed by atoms with Crippen molar-refractivity contribution in [3.63, 3.8) is 0 Å². The lowest BCUT2D eigenvalue weighted by Gasteiger charge is -2.34. The number of sulfonamides is 1. The second-order valence-corrected chi connectivity index (χ2v) is 7.09. The molecule has 7 heteroatoms. The van der Waals surface area contributed by atoms with Crippen LogP contribution in [0.25, 0.3) is 0 Å². The molecule has 0 bridgehead atoms. The molecule has 0 radical (unpaired) electrons. The number of hydrogen-bond acceptors (Lipinski definition) is 4. The fourth-order valence-electron chi connectivity index (χ4n) is 2.52. The lowest BCUT2D eigenvalue weighted by atomic mass is 10.0. The van der Waals surface area contributed by atoms with E-state index in [1.807, 2.05) is 0 Å². The van der Waals surface area contributed by atoms with Crippen molar-refractivity contribution in [1.29, 1.82) is 0 Å². The van der Waals surface area contributed by atoms with Crippen LogP contribution in [0.4, 0.5) is 0 Å². The Kier molecular flexibility index (Phi) is 4.49. The molecule has 1 amide bonds. The van der Waals surface area contributed by atoms with Crippen LogP contribution in [-0.4, -0.2) is 49.4 Å². The first kappa shape index (κ1) is 15.1. The van der Waals surface area contributed by atoms with Gasteiger partial charge in [0.15, 0.2) is 0 Å². The van der Waals surface area contributed by atoms with E-state index in [4.69, 9.17) is 4.42 Å². The molecule has 1 aliphatic heterocycles. The molecule has 1 atom stereocenters. The molecule has 20 heavy (non-hydrogen) atoms. The average molecular weight is 300 g/mol. The molecule has 0 aromatic carbocycles. The summed E-state index contributed by atoms with van der Waals surface area (Å²) < 4.78 is 30.1. The third kappa shape index (κ3) is 3.40. The molecule has 0 N–H and O–H groups in total. The minimum Gasteiger partial charge on any atom is -0.467 e. The normalized spacial score (nSPS) is 20.8. The summed E-state index contributed by atoms with van der Waals surface area (Å²) in [5, 5.41) is 0. The summed E-state index contributed by atoms with van der Waals surface area (Å²) in [5.74, 6) is 0.508. The SMILES string of the molecule is CN(Cc1ccco1)C(=O)C1CCCCN1S(C)(=O)=O. The summed E-state index contributed by atoms with van der Waals surface area (Å²) in [6.07, 6.45) is 4.96. The highest BCUT2D eigenvalue weighted by Crippen LogP contribution is 2.22. The van der Waals surface area contributed by atoms with Gasteiger partial charge in [-0.3, -0.25) is 4.79 Å². The van der Waals surface area contributed by atoms with Crippen molar-refractivity contribution in [3.05, 3.63) is 24.2 Å². The molecular weight excluding hydrogens is 280 g/mol. The number of hydrogen-bond donors (Lipinski definition) is 0. The number of likely N-dealkylation sites (N-methyl/N-ethyl adjacent to an activating group) is 1. The molecule has 1 aliphatic rings. The number of amides is 1. The van der Waals surface area contributed by atoms with Gasteiger partial charge in [0.05, 0.1) is 19.1 Å². The summed E-state index contributed by atoms with van der Waals surface area (Å²) in [4.78, 5) is 14.0. The molecule has 112 valence electrons. The topological polar surface area (TPSA) is 70.8 Å². The zero-order valence-electron chi connectivity index (χ0n) is 11.8. The van der Waals surface area contributed by atoms with E-state index in [2.05, 4.69) is 0 Å². The Morgan fingerprint density at radius 1 is 1.50 bits per heavy atom. The minimum atomic E-state index is -3.35. The molecule has 1 aromatic heterocycles. The van der Waals surface area contributed by atoms with E-state index < -0.39 is 16.1 Å². The van der Waals surface area contributed by atoms with Crippen LogP contribution in [0.1, 0.15) is 25.0 Å². The average Bonchev–Trinajstić information content (AvgIpc) is 2.89. The zero-order chi connectivity index (χ0) is 14.8. The molecule has 6 nitrogen and oxygen atoms in total. The molecule has 2 rings (SSSR count). The number of furan rings is 1. The summed E-state index contributed by atoms with van der Waals surface area (Å²) in [7, 11) is -1.69. The van der Waals surface area contributed by atoms with Crippen LogP contribution in [0.2, 0.25) is 0 Å². The smallest absolute Gasteiger partial charge is 0.241 e. The van der Waals surface area contributed by atoms with Gasteiger partial charge in [0.2, 0.25) is 15.9 Å². The molecule has 1 unspecified atom stereocenters. The highest BCUT2D eigenvalue weighted by Gasteiger charge is 2.35. The van der Waals surface area contributed by atoms with Gasteiger partial charge in [-0.1, -0.05) is 6.42 Å². The van der Waals surface area contributed by atoms with E-state index in [0.717, 1.165) is 19.1 Å². The van der Waals surface area contributed by atoms with E-state index in [0.29, 0.717) is 25.3 Å². The predicted molar refractivity (Wildman–Crippen MR) is 74.4 cm³/mol. The maximum absolute atomic E-state index is 12.5. The van der Waals surface area contributed by atoms with Crippen molar-refractivity contribution in [2.24, 2.45) is 0 Å². The molecule has 1 fully saturated rings. The molecule has 1 aromatic rings. The lowest BCUT2D eigenvalue weighted by Crippen LogP contribution is -2.51. The van der Waals surface area contributed by atoms with Crippen LogP contribution in [-0.2, 0) is 21.4 Å². The first-order chi connectivity index (χ1) is 9.39. The number of carbonyl (C=O) groups excluding carboxylic acids is 1. The Morgan fingerprint density at radius 3 is 2.85 bits per heavy atom. The lowest BCUT2D eigenvalue weighted by molar-refractivity contribution is -0.135. The van der Waals surface area contributed by atoms with Crippen molar-refractivity contribution in [3.8, 4) is 0 Å². The van der Waals surface area contributed by atoms with Crippen molar-refractivity contribution >= 4 is 15.9 Å². The van der Waals surface area contributed by atoms with E-state index in [1.54, 1.807) is 25.4 Å². The molecule has 0 spiro atoms. The van der Waals surface area contributed by atoms with Crippen LogP contribution in [0, 0.1) is 0 Å². The van der Waals surface area contributed by atoms with E-state index in [1.165, 1.54) is 9.21 Å². The van der Waals surface area contributed by atoms with Crippen molar-refractivity contribution in [2.45, 2.75) is 31.8 Å². The Bertz CT molecular complexity index is 553. The molecule has 2 heterocycles. The molecule has 0 aliphatic carbocycles. The Morgan fingerprint density at radius 2 is 2.25 bits per heavy atom. The van der Waals surface area contributed by atoms with Gasteiger partial charge in [0.25, 0.3) is 0 Å². The quantitative estimate of drug-likeness (QED) is 0.833. The summed E-state index contributed by atoms with van der Waals surface area (Å²) in [6.45, 7) is 0.768. The van der Waals surface area contributed by atoms with Gasteiger partial charge in [-0.15, -0.1) is 0 Å². The standard InChI is InChI=1S/C13H20N2O4S/c1-14(10-11-6-5-9-19-11)13(16)12-7-3-4-8-15(12)20(2,17)18/h5-6,9,12H,3-4,7-8,10H2,1-2H3. The van der Waals surface area contributed by atoms with Crippen molar-refractivity contribution in [2.75, 3.05) is 19.8 Å². The van der Waals surface area contributed by atoms with Gasteiger partial charge >= 0.3 is 0 Å². The molecular formula is C13H20N2O4S. The summed E-state index contributed by atoms with van der Waals surface area (Å²) >= 11 is 0. The van der Waals surface area contributed by atoms with Crippen LogP contribution in [0.15, 0.2) is 22.8 Å². The van der Waals surface area contributed by atoms with Crippen LogP contribution >= 0.6 is 0 Å². The number of carbonyl (C=O) groups is 1. The highest BCUT2D eigenvalue weighted by molar-refractivity contribution is 7.88. The highest BCUT2D eigenvalue weighted by atomic mass is 32.2. The maximum Gasteiger partial charge on any atom is 0.241 e. The van der Waals surface area contributed by atoms with Crippen molar-refractivity contribution in [1.82, 2.24) is 9.21 Å². The monoisotopic (exact) mass is 300 g/mol. The van der Waals surface area contributed by atoms with Gasteiger partial charge in [-0.05, 0) is 25.0 Å². The van der Waals surface area contributed by atoms with Crippen LogP contribution < -0.4 is 0 Å². The summed E-state index contributed by atoms with van der Waals surface area (Å²) in [5.41, 5.74) is 0. The Hall–Kier alpha value is -1.34. The molecule has 1 saturated heterocycles. The van der Waals surface area contributed by atoms with Gasteiger partial charge in [0.1, 0.15) is 11.8 Å². The largest absolute Gasteiger partial charge is 0.467 e. The summed E-state index contributed by atoms with van der Waals surface area (Å²) in [6, 6.07) is 2.97. The minimum absolute atomic E-state index is 0.175. The Labute approximate surface area is 119 Å². The fourth-order valence-corrected chi connectivity index (χ4v) is 3.64. The molecule has 0 saturated carbocycles. The number of nitrogens with zero attached hydrogens (tertiary/aromatic N) is 2. The fraction of sp³-hybridized carbons (Fsp3) is 0.615. The van der Waals surface area contributed by atoms with Crippen LogP contribution in [0.3, 0.4) is 0 Å². The van der Waals surface area contributed by atoms with Gasteiger partial charge in [-0.25, -0.2) is 8.42 Å². The third-order valence-electron chi connectivity index (χ3n) is 3.51. The Balaban J connectivity index is 2.09. The van der Waals surface area contributed by atoms with Gasteiger partial charge in [0, 0.05) is 13.6 Å². The van der Waals surface area contributed by atoms with E-state index in [9.17, 15) is 13.2 Å². The second-order valence-electron chi connectivity index (χ2n) is 5.16.